The number of nitrogens with one attached hydrogen (secondary N) is 2. The predicted octanol–water partition coefficient (Wildman–Crippen LogP) is 2.76. The summed E-state index contributed by atoms with van der Waals surface area (Å²) in [5.41, 5.74) is 1.88. The lowest BCUT2D eigenvalue weighted by atomic mass is 9.80. The van der Waals surface area contributed by atoms with Gasteiger partial charge in [0.25, 0.3) is 0 Å². The van der Waals surface area contributed by atoms with Crippen molar-refractivity contribution in [1.29, 1.82) is 0 Å². The summed E-state index contributed by atoms with van der Waals surface area (Å²) in [6, 6.07) is 16.4. The first-order chi connectivity index (χ1) is 11.5. The number of carbonyl (C=O) groups excluding carboxylic acids is 3. The number of halogens is 1. The van der Waals surface area contributed by atoms with Gasteiger partial charge in [-0.2, -0.15) is 0 Å². The molecule has 0 saturated carbocycles. The summed E-state index contributed by atoms with van der Waals surface area (Å²) in [6.07, 6.45) is 0.516. The standard InChI is InChI=1S/C18H15BrN2O3/c19-13-8-6-12(7-9-13)14(10-11-4-2-1-3-5-11)15-16(22)20-18(24)21-17(15)23/h1-9,14-15H,10H2,(H2,20,21,22,23,24). The van der Waals surface area contributed by atoms with Gasteiger partial charge in [-0.15, -0.1) is 0 Å². The molecule has 122 valence electrons. The number of hydrogen-bond acceptors (Lipinski definition) is 3. The average molecular weight is 387 g/mol. The van der Waals surface area contributed by atoms with Crippen LogP contribution in [-0.4, -0.2) is 17.8 Å². The van der Waals surface area contributed by atoms with Gasteiger partial charge >= 0.3 is 6.03 Å². The molecule has 6 heteroatoms. The van der Waals surface area contributed by atoms with Crippen LogP contribution in [0.5, 0.6) is 0 Å². The van der Waals surface area contributed by atoms with Crippen LogP contribution in [0, 0.1) is 5.92 Å². The lowest BCUT2D eigenvalue weighted by Gasteiger charge is -2.28. The van der Waals surface area contributed by atoms with Gasteiger partial charge in [0.15, 0.2) is 0 Å². The third-order valence-corrected chi connectivity index (χ3v) is 4.57. The van der Waals surface area contributed by atoms with Crippen LogP contribution in [0.3, 0.4) is 0 Å². The van der Waals surface area contributed by atoms with Crippen LogP contribution in [0.2, 0.25) is 0 Å². The van der Waals surface area contributed by atoms with Crippen LogP contribution in [-0.2, 0) is 16.0 Å². The monoisotopic (exact) mass is 386 g/mol. The third-order valence-electron chi connectivity index (χ3n) is 4.04. The third kappa shape index (κ3) is 3.54. The summed E-state index contributed by atoms with van der Waals surface area (Å²) in [5.74, 6) is -2.45. The summed E-state index contributed by atoms with van der Waals surface area (Å²) >= 11 is 3.39. The van der Waals surface area contributed by atoms with Crippen LogP contribution in [0.4, 0.5) is 4.79 Å². The molecule has 4 amide bonds. The second-order valence-electron chi connectivity index (χ2n) is 5.63. The molecule has 3 rings (SSSR count). The van der Waals surface area contributed by atoms with Crippen molar-refractivity contribution in [2.75, 3.05) is 0 Å². The number of carbonyl (C=O) groups is 3. The van der Waals surface area contributed by atoms with Crippen LogP contribution in [0.15, 0.2) is 59.1 Å². The predicted molar refractivity (Wildman–Crippen MR) is 92.2 cm³/mol. The largest absolute Gasteiger partial charge is 0.328 e. The van der Waals surface area contributed by atoms with E-state index in [1.54, 1.807) is 0 Å². The number of hydrogen-bond donors (Lipinski definition) is 2. The van der Waals surface area contributed by atoms with Gasteiger partial charge in [0, 0.05) is 10.4 Å². The van der Waals surface area contributed by atoms with E-state index in [2.05, 4.69) is 26.6 Å². The first-order valence-electron chi connectivity index (χ1n) is 7.49. The molecule has 0 aliphatic carbocycles. The van der Waals surface area contributed by atoms with Gasteiger partial charge in [0.2, 0.25) is 11.8 Å². The number of amides is 4. The molecule has 24 heavy (non-hydrogen) atoms. The normalized spacial score (nSPS) is 16.5. The van der Waals surface area contributed by atoms with E-state index >= 15 is 0 Å². The fraction of sp³-hybridized carbons (Fsp3) is 0.167. The van der Waals surface area contributed by atoms with Gasteiger partial charge in [0.1, 0.15) is 5.92 Å². The number of barbiturate groups is 1. The van der Waals surface area contributed by atoms with Crippen LogP contribution in [0.1, 0.15) is 17.0 Å². The molecule has 0 bridgehead atoms. The van der Waals surface area contributed by atoms with Crippen LogP contribution >= 0.6 is 15.9 Å². The van der Waals surface area contributed by atoms with Crippen LogP contribution < -0.4 is 10.6 Å². The molecule has 1 saturated heterocycles. The molecule has 2 aromatic carbocycles. The Bertz CT molecular complexity index is 755. The fourth-order valence-corrected chi connectivity index (χ4v) is 3.17. The zero-order chi connectivity index (χ0) is 17.1. The Morgan fingerprint density at radius 3 is 2.04 bits per heavy atom. The van der Waals surface area contributed by atoms with E-state index in [1.165, 1.54) is 0 Å². The molecule has 1 aliphatic rings. The first kappa shape index (κ1) is 16.4. The summed E-state index contributed by atoms with van der Waals surface area (Å²) < 4.78 is 0.914. The molecule has 1 atom stereocenters. The molecule has 2 N–H and O–H groups in total. The summed E-state index contributed by atoms with van der Waals surface area (Å²) in [7, 11) is 0. The molecule has 1 unspecified atom stereocenters. The minimum absolute atomic E-state index is 0.367. The zero-order valence-electron chi connectivity index (χ0n) is 12.7. The van der Waals surface area contributed by atoms with Crippen molar-refractivity contribution in [3.63, 3.8) is 0 Å². The molecule has 0 radical (unpaired) electrons. The van der Waals surface area contributed by atoms with E-state index in [-0.39, 0.29) is 5.92 Å². The Kier molecular flexibility index (Phi) is 4.76. The van der Waals surface area contributed by atoms with E-state index in [0.717, 1.165) is 15.6 Å². The van der Waals surface area contributed by atoms with Gasteiger partial charge in [0.05, 0.1) is 0 Å². The SMILES string of the molecule is O=C1NC(=O)C(C(Cc2ccccc2)c2ccc(Br)cc2)C(=O)N1. The van der Waals surface area contributed by atoms with Gasteiger partial charge in [-0.25, -0.2) is 4.79 Å². The highest BCUT2D eigenvalue weighted by atomic mass is 79.9. The van der Waals surface area contributed by atoms with Gasteiger partial charge in [-0.05, 0) is 29.7 Å². The van der Waals surface area contributed by atoms with Crippen molar-refractivity contribution in [2.45, 2.75) is 12.3 Å². The molecule has 5 nitrogen and oxygen atoms in total. The molecular weight excluding hydrogens is 372 g/mol. The Labute approximate surface area is 147 Å². The van der Waals surface area contributed by atoms with Crippen molar-refractivity contribution in [2.24, 2.45) is 5.92 Å². The van der Waals surface area contributed by atoms with Crippen LogP contribution in [0.25, 0.3) is 0 Å². The number of rotatable bonds is 4. The first-order valence-corrected chi connectivity index (χ1v) is 8.29. The summed E-state index contributed by atoms with van der Waals surface area (Å²) in [4.78, 5) is 35.9. The highest BCUT2D eigenvalue weighted by Crippen LogP contribution is 2.31. The van der Waals surface area contributed by atoms with Crippen molar-refractivity contribution in [3.05, 3.63) is 70.2 Å². The fourth-order valence-electron chi connectivity index (χ4n) is 2.90. The minimum Gasteiger partial charge on any atom is -0.277 e. The maximum Gasteiger partial charge on any atom is 0.328 e. The second-order valence-corrected chi connectivity index (χ2v) is 6.55. The maximum absolute atomic E-state index is 12.3. The van der Waals surface area contributed by atoms with Gasteiger partial charge in [-0.1, -0.05) is 58.4 Å². The van der Waals surface area contributed by atoms with E-state index in [9.17, 15) is 14.4 Å². The second kappa shape index (κ2) is 6.97. The molecule has 1 heterocycles. The van der Waals surface area contributed by atoms with E-state index in [0.29, 0.717) is 6.42 Å². The lowest BCUT2D eigenvalue weighted by molar-refractivity contribution is -0.136. The molecular formula is C18H15BrN2O3. The van der Waals surface area contributed by atoms with E-state index in [4.69, 9.17) is 0 Å². The molecule has 2 aromatic rings. The number of urea groups is 1. The zero-order valence-corrected chi connectivity index (χ0v) is 14.2. The number of imide groups is 2. The quantitative estimate of drug-likeness (QED) is 0.793. The highest BCUT2D eigenvalue weighted by molar-refractivity contribution is 9.10. The molecule has 0 aromatic heterocycles. The Morgan fingerprint density at radius 2 is 1.46 bits per heavy atom. The van der Waals surface area contributed by atoms with Gasteiger partial charge < -0.3 is 0 Å². The van der Waals surface area contributed by atoms with Gasteiger partial charge in [-0.3, -0.25) is 20.2 Å². The Balaban J connectivity index is 1.98. The molecule has 0 spiro atoms. The minimum atomic E-state index is -0.955. The van der Waals surface area contributed by atoms with Crippen molar-refractivity contribution >= 4 is 33.8 Å². The highest BCUT2D eigenvalue weighted by Gasteiger charge is 2.40. The molecule has 1 aliphatic heterocycles. The lowest BCUT2D eigenvalue weighted by Crippen LogP contribution is -2.57. The van der Waals surface area contributed by atoms with E-state index < -0.39 is 23.8 Å². The average Bonchev–Trinajstić information content (AvgIpc) is 2.55. The van der Waals surface area contributed by atoms with Crippen molar-refractivity contribution in [1.82, 2.24) is 10.6 Å². The smallest absolute Gasteiger partial charge is 0.277 e. The Morgan fingerprint density at radius 1 is 0.875 bits per heavy atom. The topological polar surface area (TPSA) is 75.3 Å². The van der Waals surface area contributed by atoms with Crippen molar-refractivity contribution < 1.29 is 14.4 Å². The Hall–Kier alpha value is -2.47. The number of benzene rings is 2. The maximum atomic E-state index is 12.3. The van der Waals surface area contributed by atoms with E-state index in [1.807, 2.05) is 54.6 Å². The summed E-state index contributed by atoms with van der Waals surface area (Å²) in [6.45, 7) is 0. The summed E-state index contributed by atoms with van der Waals surface area (Å²) in [5, 5.41) is 4.38. The molecule has 1 fully saturated rings. The van der Waals surface area contributed by atoms with Crippen molar-refractivity contribution in [3.8, 4) is 0 Å².